The van der Waals surface area contributed by atoms with Gasteiger partial charge in [-0.1, -0.05) is 139 Å². The summed E-state index contributed by atoms with van der Waals surface area (Å²) in [4.78, 5) is 1.88. The third kappa shape index (κ3) is 4.43. The number of hydrogen-bond acceptors (Lipinski definition) is 3. The number of anilines is 3. The minimum absolute atomic E-state index is 0.0612. The molecule has 9 aromatic carbocycles. The summed E-state index contributed by atoms with van der Waals surface area (Å²) in [6.45, 7) is 0. The predicted molar refractivity (Wildman–Crippen MR) is 236 cm³/mol. The number of furan rings is 1. The second-order valence-corrected chi connectivity index (χ2v) is 15.4. The van der Waals surface area contributed by atoms with Gasteiger partial charge in [0.1, 0.15) is 11.2 Å². The maximum Gasteiger partial charge on any atom is 0.137 e. The second kappa shape index (κ2) is 12.0. The van der Waals surface area contributed by atoms with Crippen molar-refractivity contribution < 1.29 is 14.0 Å². The van der Waals surface area contributed by atoms with Gasteiger partial charge in [-0.3, -0.25) is 0 Å². The SMILES string of the molecule is [2H]c1c([2H])c([2H])c2c(oc3c([2H])c([2H])c([2H])c(N(c4ccc(C5(c6ccc7ccccc7c6)c6ccccc6-c6ccccc65)cc4)c4ccc5sc6ccccc6c5c4)c32)c1[2H]. The van der Waals surface area contributed by atoms with Crippen molar-refractivity contribution in [3.8, 4) is 11.1 Å². The Hall–Kier alpha value is -6.94. The van der Waals surface area contributed by atoms with Crippen molar-refractivity contribution in [2.75, 3.05) is 4.90 Å². The van der Waals surface area contributed by atoms with E-state index in [4.69, 9.17) is 12.6 Å². The molecule has 262 valence electrons. The third-order valence-corrected chi connectivity index (χ3v) is 12.6. The quantitative estimate of drug-likeness (QED) is 0.175. The Balaban J connectivity index is 1.16. The fourth-order valence-electron chi connectivity index (χ4n) is 9.08. The number of para-hydroxylation sites is 1. The van der Waals surface area contributed by atoms with Crippen LogP contribution in [-0.2, 0) is 5.41 Å². The average Bonchev–Trinajstić information content (AvgIpc) is 4.00. The second-order valence-electron chi connectivity index (χ2n) is 14.3. The van der Waals surface area contributed by atoms with Gasteiger partial charge >= 0.3 is 0 Å². The van der Waals surface area contributed by atoms with E-state index in [9.17, 15) is 1.37 Å². The van der Waals surface area contributed by atoms with Crippen LogP contribution in [0.3, 0.4) is 0 Å². The molecule has 1 aliphatic rings. The Morgan fingerprint density at radius 2 is 1.14 bits per heavy atom. The zero-order chi connectivity index (χ0) is 42.9. The summed E-state index contributed by atoms with van der Waals surface area (Å²) in [5.74, 6) is 0. The van der Waals surface area contributed by atoms with E-state index in [2.05, 4.69) is 127 Å². The zero-order valence-electron chi connectivity index (χ0n) is 36.8. The van der Waals surface area contributed by atoms with E-state index in [-0.39, 0.29) is 57.8 Å². The minimum atomic E-state index is -0.700. The molecule has 2 heterocycles. The molecular weight excluding hydrogens is 699 g/mol. The molecule has 11 aromatic rings. The topological polar surface area (TPSA) is 16.4 Å². The van der Waals surface area contributed by atoms with Crippen LogP contribution < -0.4 is 4.90 Å². The number of thiophene rings is 1. The van der Waals surface area contributed by atoms with Crippen LogP contribution in [0.1, 0.15) is 31.8 Å². The molecule has 0 bridgehead atoms. The van der Waals surface area contributed by atoms with Crippen LogP contribution in [0.5, 0.6) is 0 Å². The first-order chi connectivity index (χ1) is 30.7. The van der Waals surface area contributed by atoms with Crippen LogP contribution in [0.25, 0.3) is 64.0 Å². The van der Waals surface area contributed by atoms with Crippen LogP contribution in [0.15, 0.2) is 204 Å². The van der Waals surface area contributed by atoms with E-state index < -0.39 is 17.5 Å². The molecule has 0 spiro atoms. The van der Waals surface area contributed by atoms with Crippen molar-refractivity contribution >= 4 is 81.3 Å². The number of benzene rings is 9. The third-order valence-electron chi connectivity index (χ3n) is 11.5. The lowest BCUT2D eigenvalue weighted by molar-refractivity contribution is 0.669. The highest BCUT2D eigenvalue weighted by Gasteiger charge is 2.46. The van der Waals surface area contributed by atoms with E-state index >= 15 is 0 Å². The first kappa shape index (κ1) is 25.2. The van der Waals surface area contributed by atoms with Crippen LogP contribution in [-0.4, -0.2) is 0 Å². The number of rotatable bonds is 5. The van der Waals surface area contributed by atoms with Crippen molar-refractivity contribution in [2.45, 2.75) is 5.41 Å². The van der Waals surface area contributed by atoms with Crippen LogP contribution in [0.2, 0.25) is 0 Å². The lowest BCUT2D eigenvalue weighted by atomic mass is 9.67. The first-order valence-electron chi connectivity index (χ1n) is 22.1. The van der Waals surface area contributed by atoms with Crippen molar-refractivity contribution in [2.24, 2.45) is 0 Å². The van der Waals surface area contributed by atoms with Crippen LogP contribution >= 0.6 is 11.3 Å². The molecular formula is C53H33NOS. The Bertz CT molecular complexity index is 3700. The summed E-state index contributed by atoms with van der Waals surface area (Å²) in [6.07, 6.45) is 0. The Labute approximate surface area is 338 Å². The van der Waals surface area contributed by atoms with E-state index in [1.165, 1.54) is 22.3 Å². The lowest BCUT2D eigenvalue weighted by Crippen LogP contribution is -2.28. The van der Waals surface area contributed by atoms with E-state index in [0.717, 1.165) is 42.1 Å². The van der Waals surface area contributed by atoms with Gasteiger partial charge < -0.3 is 9.32 Å². The largest absolute Gasteiger partial charge is 0.456 e. The first-order valence-corrected chi connectivity index (χ1v) is 19.4. The summed E-state index contributed by atoms with van der Waals surface area (Å²) in [6, 6.07) is 52.3. The van der Waals surface area contributed by atoms with E-state index in [0.29, 0.717) is 11.4 Å². The standard InChI is InChI=1S/C53H33NOS/c1-2-13-35-32-37(25-24-34(35)12-1)53(45-18-7-3-14-40(45)41-15-4-8-19-46(41)53)36-26-28-38(29-27-36)54(39-30-31-51-44(33-39)42-16-6-10-23-50(42)56-51)47-20-11-22-49-52(47)43-17-5-9-21-48(43)55-49/h1-33H/i5D,9D,11D,17D,20D,21D,22D. The molecule has 2 nitrogen and oxygen atoms in total. The Kier molecular flexibility index (Phi) is 5.41. The number of nitrogens with zero attached hydrogens (tertiary/aromatic N) is 1. The summed E-state index contributed by atoms with van der Waals surface area (Å²) in [7, 11) is 0. The maximum absolute atomic E-state index is 9.61. The summed E-state index contributed by atoms with van der Waals surface area (Å²) < 4.78 is 71.0. The average molecular weight is 739 g/mol. The summed E-state index contributed by atoms with van der Waals surface area (Å²) >= 11 is 1.69. The highest BCUT2D eigenvalue weighted by Crippen LogP contribution is 2.57. The summed E-state index contributed by atoms with van der Waals surface area (Å²) in [5, 5.41) is 4.61. The molecule has 3 heteroatoms. The molecule has 12 rings (SSSR count). The van der Waals surface area contributed by atoms with Gasteiger partial charge in [0.05, 0.1) is 26.1 Å². The highest BCUT2D eigenvalue weighted by molar-refractivity contribution is 7.25. The van der Waals surface area contributed by atoms with Gasteiger partial charge in [0.25, 0.3) is 0 Å². The van der Waals surface area contributed by atoms with Gasteiger partial charge in [0, 0.05) is 36.9 Å². The Morgan fingerprint density at radius 3 is 1.98 bits per heavy atom. The molecule has 0 saturated carbocycles. The predicted octanol–water partition coefficient (Wildman–Crippen LogP) is 14.9. The van der Waals surface area contributed by atoms with Crippen molar-refractivity contribution in [3.63, 3.8) is 0 Å². The zero-order valence-corrected chi connectivity index (χ0v) is 30.6. The van der Waals surface area contributed by atoms with E-state index in [1.54, 1.807) is 11.3 Å². The van der Waals surface area contributed by atoms with Crippen molar-refractivity contribution in [3.05, 3.63) is 222 Å². The fourth-order valence-corrected chi connectivity index (χ4v) is 10.2. The molecule has 0 saturated heterocycles. The van der Waals surface area contributed by atoms with Gasteiger partial charge in [-0.05, 0) is 105 Å². The molecule has 0 N–H and O–H groups in total. The summed E-state index contributed by atoms with van der Waals surface area (Å²) in [5.41, 5.74) is 7.41. The monoisotopic (exact) mass is 738 g/mol. The van der Waals surface area contributed by atoms with Gasteiger partial charge in [0.2, 0.25) is 0 Å². The van der Waals surface area contributed by atoms with Gasteiger partial charge in [-0.25, -0.2) is 0 Å². The van der Waals surface area contributed by atoms with Crippen LogP contribution in [0.4, 0.5) is 17.1 Å². The highest BCUT2D eigenvalue weighted by atomic mass is 32.1. The Morgan fingerprint density at radius 1 is 0.482 bits per heavy atom. The molecule has 1 aliphatic carbocycles. The van der Waals surface area contributed by atoms with Gasteiger partial charge in [-0.15, -0.1) is 11.3 Å². The number of fused-ring (bicyclic) bond motifs is 10. The van der Waals surface area contributed by atoms with Crippen molar-refractivity contribution in [1.82, 2.24) is 0 Å². The van der Waals surface area contributed by atoms with Gasteiger partial charge in [0.15, 0.2) is 0 Å². The molecule has 0 amide bonds. The van der Waals surface area contributed by atoms with E-state index in [1.807, 2.05) is 35.2 Å². The molecule has 0 radical (unpaired) electrons. The van der Waals surface area contributed by atoms with Crippen molar-refractivity contribution in [1.29, 1.82) is 0 Å². The minimum Gasteiger partial charge on any atom is -0.456 e. The molecule has 2 aromatic heterocycles. The molecule has 0 fully saturated rings. The maximum atomic E-state index is 9.61. The lowest BCUT2D eigenvalue weighted by Gasteiger charge is -2.35. The van der Waals surface area contributed by atoms with Gasteiger partial charge in [-0.2, -0.15) is 0 Å². The molecule has 56 heavy (non-hydrogen) atoms. The molecule has 0 unspecified atom stereocenters. The molecule has 0 aliphatic heterocycles. The fraction of sp³-hybridized carbons (Fsp3) is 0.0189. The number of hydrogen-bond donors (Lipinski definition) is 0. The molecule has 0 atom stereocenters. The van der Waals surface area contributed by atoms with Crippen LogP contribution in [0, 0.1) is 0 Å². The normalized spacial score (nSPS) is 14.9. The smallest absolute Gasteiger partial charge is 0.137 e.